The highest BCUT2D eigenvalue weighted by atomic mass is 16.5. The molecule has 1 N–H and O–H groups in total. The summed E-state index contributed by atoms with van der Waals surface area (Å²) >= 11 is 0. The molecule has 3 nitrogen and oxygen atoms in total. The van der Waals surface area contributed by atoms with Gasteiger partial charge in [-0.05, 0) is 26.1 Å². The first-order valence-electron chi connectivity index (χ1n) is 6.56. The second-order valence-corrected chi connectivity index (χ2v) is 4.19. The minimum Gasteiger partial charge on any atom is -0.383 e. The van der Waals surface area contributed by atoms with Crippen LogP contribution in [-0.4, -0.2) is 51.3 Å². The van der Waals surface area contributed by atoms with Gasteiger partial charge < -0.3 is 10.1 Å². The van der Waals surface area contributed by atoms with E-state index < -0.39 is 0 Å². The molecule has 0 saturated carbocycles. The zero-order valence-electron chi connectivity index (χ0n) is 12.3. The molecule has 0 saturated heterocycles. The summed E-state index contributed by atoms with van der Waals surface area (Å²) in [5.74, 6) is 0. The van der Waals surface area contributed by atoms with Crippen molar-refractivity contribution in [3.05, 3.63) is 36.5 Å². The molecular weight excluding hydrogens is 224 g/mol. The Kier molecular flexibility index (Phi) is 10.6. The number of nitrogens with zero attached hydrogens (tertiary/aromatic N) is 1. The maximum Gasteiger partial charge on any atom is 0.0589 e. The number of hydrogen-bond donors (Lipinski definition) is 1. The molecule has 0 aromatic rings. The fourth-order valence-corrected chi connectivity index (χ4v) is 1.66. The molecule has 0 aromatic carbocycles. The molecule has 0 fully saturated rings. The minimum absolute atomic E-state index is 0.281. The number of ether oxygens (including phenoxy) is 1. The highest BCUT2D eigenvalue weighted by Gasteiger charge is 2.12. The monoisotopic (exact) mass is 252 g/mol. The van der Waals surface area contributed by atoms with E-state index in [0.717, 1.165) is 31.8 Å². The van der Waals surface area contributed by atoms with Gasteiger partial charge in [-0.25, -0.2) is 0 Å². The first-order chi connectivity index (χ1) is 8.69. The molecule has 0 radical (unpaired) electrons. The Hall–Kier alpha value is -0.900. The molecule has 0 aliphatic heterocycles. The topological polar surface area (TPSA) is 24.5 Å². The van der Waals surface area contributed by atoms with Gasteiger partial charge in [0, 0.05) is 26.2 Å². The Morgan fingerprint density at radius 3 is 2.67 bits per heavy atom. The summed E-state index contributed by atoms with van der Waals surface area (Å²) in [6.45, 7) is 12.0. The maximum absolute atomic E-state index is 5.12. The van der Waals surface area contributed by atoms with Gasteiger partial charge in [0.25, 0.3) is 0 Å². The van der Waals surface area contributed by atoms with Crippen molar-refractivity contribution in [1.29, 1.82) is 0 Å². The molecule has 0 heterocycles. The number of nitrogens with one attached hydrogen (secondary N) is 1. The van der Waals surface area contributed by atoms with Gasteiger partial charge in [-0.3, -0.25) is 4.90 Å². The Labute approximate surface area is 112 Å². The van der Waals surface area contributed by atoms with Crippen molar-refractivity contribution in [2.75, 3.05) is 40.4 Å². The third-order valence-corrected chi connectivity index (χ3v) is 2.91. The van der Waals surface area contributed by atoms with Crippen molar-refractivity contribution in [2.24, 2.45) is 0 Å². The Morgan fingerprint density at radius 1 is 1.44 bits per heavy atom. The SMILES string of the molecule is C=C(/C=C\C=C/C)[C@@H](CN(CC)CCOC)NC. The van der Waals surface area contributed by atoms with Crippen LogP contribution in [0.1, 0.15) is 13.8 Å². The molecule has 18 heavy (non-hydrogen) atoms. The van der Waals surface area contributed by atoms with E-state index >= 15 is 0 Å². The van der Waals surface area contributed by atoms with Crippen molar-refractivity contribution in [3.63, 3.8) is 0 Å². The molecule has 0 aliphatic carbocycles. The molecule has 1 atom stereocenters. The predicted octanol–water partition coefficient (Wildman–Crippen LogP) is 2.23. The lowest BCUT2D eigenvalue weighted by Gasteiger charge is -2.26. The molecule has 0 aromatic heterocycles. The molecule has 104 valence electrons. The van der Waals surface area contributed by atoms with Crippen molar-refractivity contribution in [3.8, 4) is 0 Å². The summed E-state index contributed by atoms with van der Waals surface area (Å²) in [7, 11) is 3.71. The van der Waals surface area contributed by atoms with E-state index in [1.807, 2.05) is 32.2 Å². The molecule has 3 heteroatoms. The second-order valence-electron chi connectivity index (χ2n) is 4.19. The van der Waals surface area contributed by atoms with Crippen LogP contribution < -0.4 is 5.32 Å². The Bertz CT molecular complexity index is 272. The van der Waals surface area contributed by atoms with Gasteiger partial charge in [0.1, 0.15) is 0 Å². The van der Waals surface area contributed by atoms with Gasteiger partial charge in [-0.2, -0.15) is 0 Å². The zero-order chi connectivity index (χ0) is 13.8. The van der Waals surface area contributed by atoms with E-state index in [1.54, 1.807) is 7.11 Å². The quantitative estimate of drug-likeness (QED) is 0.603. The van der Waals surface area contributed by atoms with Crippen LogP contribution in [0.15, 0.2) is 36.5 Å². The van der Waals surface area contributed by atoms with E-state index in [4.69, 9.17) is 4.74 Å². The van der Waals surface area contributed by atoms with E-state index in [-0.39, 0.29) is 6.04 Å². The highest BCUT2D eigenvalue weighted by Crippen LogP contribution is 2.04. The molecule has 0 bridgehead atoms. The summed E-state index contributed by atoms with van der Waals surface area (Å²) < 4.78 is 5.12. The van der Waals surface area contributed by atoms with Crippen LogP contribution in [0.3, 0.4) is 0 Å². The first-order valence-corrected chi connectivity index (χ1v) is 6.56. The van der Waals surface area contributed by atoms with Gasteiger partial charge in [0.15, 0.2) is 0 Å². The maximum atomic E-state index is 5.12. The second kappa shape index (κ2) is 11.2. The van der Waals surface area contributed by atoms with Gasteiger partial charge in [0.2, 0.25) is 0 Å². The van der Waals surface area contributed by atoms with Gasteiger partial charge in [0.05, 0.1) is 6.61 Å². The molecule has 0 unspecified atom stereocenters. The van der Waals surface area contributed by atoms with E-state index in [0.29, 0.717) is 0 Å². The molecule has 0 aliphatic rings. The average Bonchev–Trinajstić information content (AvgIpc) is 2.39. The van der Waals surface area contributed by atoms with Crippen LogP contribution in [0.5, 0.6) is 0 Å². The van der Waals surface area contributed by atoms with Crippen LogP contribution in [0.25, 0.3) is 0 Å². The smallest absolute Gasteiger partial charge is 0.0589 e. The van der Waals surface area contributed by atoms with E-state index in [2.05, 4.69) is 29.8 Å². The zero-order valence-corrected chi connectivity index (χ0v) is 12.3. The fraction of sp³-hybridized carbons (Fsp3) is 0.600. The third kappa shape index (κ3) is 7.43. The van der Waals surface area contributed by atoms with E-state index in [9.17, 15) is 0 Å². The van der Waals surface area contributed by atoms with Crippen molar-refractivity contribution in [1.82, 2.24) is 10.2 Å². The number of hydrogen-bond acceptors (Lipinski definition) is 3. The summed E-state index contributed by atoms with van der Waals surface area (Å²) in [6.07, 6.45) is 8.11. The predicted molar refractivity (Wildman–Crippen MR) is 79.9 cm³/mol. The number of likely N-dealkylation sites (N-methyl/N-ethyl adjacent to an activating group) is 2. The minimum atomic E-state index is 0.281. The molecule has 0 spiro atoms. The average molecular weight is 252 g/mol. The van der Waals surface area contributed by atoms with Gasteiger partial charge in [-0.15, -0.1) is 0 Å². The van der Waals surface area contributed by atoms with Crippen molar-refractivity contribution in [2.45, 2.75) is 19.9 Å². The van der Waals surface area contributed by atoms with Crippen molar-refractivity contribution < 1.29 is 4.74 Å². The summed E-state index contributed by atoms with van der Waals surface area (Å²) in [5.41, 5.74) is 1.10. The lowest BCUT2D eigenvalue weighted by molar-refractivity contribution is 0.147. The van der Waals surface area contributed by atoms with Crippen LogP contribution in [0.4, 0.5) is 0 Å². The number of methoxy groups -OCH3 is 1. The number of allylic oxidation sites excluding steroid dienone is 3. The lowest BCUT2D eigenvalue weighted by atomic mass is 10.1. The Balaban J connectivity index is 4.33. The van der Waals surface area contributed by atoms with Crippen molar-refractivity contribution >= 4 is 0 Å². The lowest BCUT2D eigenvalue weighted by Crippen LogP contribution is -2.41. The third-order valence-electron chi connectivity index (χ3n) is 2.91. The summed E-state index contributed by atoms with van der Waals surface area (Å²) in [4.78, 5) is 2.36. The first kappa shape index (κ1) is 17.1. The van der Waals surface area contributed by atoms with Crippen LogP contribution in [0.2, 0.25) is 0 Å². The molecular formula is C15H28N2O. The van der Waals surface area contributed by atoms with Gasteiger partial charge >= 0.3 is 0 Å². The fourth-order valence-electron chi connectivity index (χ4n) is 1.66. The normalized spacial score (nSPS) is 13.8. The van der Waals surface area contributed by atoms with Crippen LogP contribution in [0, 0.1) is 0 Å². The standard InChI is InChI=1S/C15H28N2O/c1-6-8-9-10-14(3)15(16-4)13-17(7-2)11-12-18-5/h6,8-10,15-16H,3,7,11-13H2,1-2,4-5H3/b8-6-,10-9-/t15-/m1/s1. The van der Waals surface area contributed by atoms with Gasteiger partial charge in [-0.1, -0.05) is 37.8 Å². The summed E-state index contributed by atoms with van der Waals surface area (Å²) in [6, 6.07) is 0.281. The number of rotatable bonds is 10. The largest absolute Gasteiger partial charge is 0.383 e. The highest BCUT2D eigenvalue weighted by molar-refractivity contribution is 5.24. The Morgan fingerprint density at radius 2 is 2.17 bits per heavy atom. The summed E-state index contributed by atoms with van der Waals surface area (Å²) in [5, 5.41) is 3.31. The molecule has 0 amide bonds. The van der Waals surface area contributed by atoms with Crippen LogP contribution in [-0.2, 0) is 4.74 Å². The van der Waals surface area contributed by atoms with Crippen LogP contribution >= 0.6 is 0 Å². The van der Waals surface area contributed by atoms with E-state index in [1.165, 1.54) is 0 Å². The molecule has 0 rings (SSSR count).